The van der Waals surface area contributed by atoms with E-state index in [0.29, 0.717) is 0 Å². The third kappa shape index (κ3) is 1.72. The molecule has 1 fully saturated rings. The van der Waals surface area contributed by atoms with Crippen molar-refractivity contribution in [2.75, 3.05) is 13.1 Å². The lowest BCUT2D eigenvalue weighted by molar-refractivity contribution is 0.301. The lowest BCUT2D eigenvalue weighted by Gasteiger charge is -2.26. The number of hydrogen-bond acceptors (Lipinski definition) is 1. The Morgan fingerprint density at radius 3 is 2.75 bits per heavy atom. The lowest BCUT2D eigenvalue weighted by atomic mass is 10.0. The Morgan fingerprint density at radius 2 is 2.38 bits per heavy atom. The molecule has 0 N–H and O–H groups in total. The van der Waals surface area contributed by atoms with Crippen molar-refractivity contribution in [3.05, 3.63) is 0 Å². The van der Waals surface area contributed by atoms with Gasteiger partial charge in [0.15, 0.2) is 0 Å². The van der Waals surface area contributed by atoms with E-state index in [4.69, 9.17) is 0 Å². The molecule has 1 heterocycles. The van der Waals surface area contributed by atoms with E-state index in [1.54, 1.807) is 0 Å². The number of piperidine rings is 1. The first kappa shape index (κ1) is 6.51. The van der Waals surface area contributed by atoms with Gasteiger partial charge in [0, 0.05) is 13.1 Å². The summed E-state index contributed by atoms with van der Waals surface area (Å²) in [7, 11) is 2.76. The molecule has 2 heteroatoms. The second kappa shape index (κ2) is 2.80. The molecule has 0 aromatic heterocycles. The smallest absolute Gasteiger partial charge is 0.00419 e. The third-order valence-electron chi connectivity index (χ3n) is 1.69. The Hall–Kier alpha value is 0.390. The minimum Gasteiger partial charge on any atom is -0.287 e. The van der Waals surface area contributed by atoms with Gasteiger partial charge in [-0.05, 0) is 18.8 Å². The van der Waals surface area contributed by atoms with Crippen LogP contribution >= 0.6 is 9.39 Å². The van der Waals surface area contributed by atoms with E-state index in [1.165, 1.54) is 25.9 Å². The Labute approximate surface area is 53.7 Å². The molecule has 0 aliphatic carbocycles. The van der Waals surface area contributed by atoms with Crippen LogP contribution in [0.1, 0.15) is 19.8 Å². The van der Waals surface area contributed by atoms with Crippen molar-refractivity contribution < 1.29 is 0 Å². The molecule has 0 radical (unpaired) electrons. The van der Waals surface area contributed by atoms with Crippen molar-refractivity contribution in [2.24, 2.45) is 5.92 Å². The van der Waals surface area contributed by atoms with Gasteiger partial charge < -0.3 is 0 Å². The number of hydrogen-bond donors (Lipinski definition) is 0. The highest BCUT2D eigenvalue weighted by atomic mass is 31.0. The molecular weight excluding hydrogens is 117 g/mol. The van der Waals surface area contributed by atoms with Crippen molar-refractivity contribution in [3.63, 3.8) is 0 Å². The molecule has 1 saturated heterocycles. The second-order valence-corrected chi connectivity index (χ2v) is 3.47. The molecule has 0 saturated carbocycles. The number of nitrogens with zero attached hydrogens (tertiary/aromatic N) is 1. The zero-order valence-corrected chi connectivity index (χ0v) is 6.59. The summed E-state index contributed by atoms with van der Waals surface area (Å²) in [6.07, 6.45) is 2.80. The predicted octanol–water partition coefficient (Wildman–Crippen LogP) is 1.51. The van der Waals surface area contributed by atoms with Gasteiger partial charge in [-0.15, -0.1) is 0 Å². The maximum absolute atomic E-state index is 2.76. The average Bonchev–Trinajstić information content (AvgIpc) is 1.64. The van der Waals surface area contributed by atoms with E-state index in [1.807, 2.05) is 0 Å². The van der Waals surface area contributed by atoms with E-state index < -0.39 is 0 Å². The van der Waals surface area contributed by atoms with Gasteiger partial charge in [-0.2, -0.15) is 0 Å². The molecular formula is C6H14NP. The van der Waals surface area contributed by atoms with Gasteiger partial charge in [-0.25, -0.2) is 0 Å². The first-order chi connectivity index (χ1) is 3.79. The molecule has 8 heavy (non-hydrogen) atoms. The highest BCUT2D eigenvalue weighted by Gasteiger charge is 2.11. The molecule has 2 unspecified atom stereocenters. The van der Waals surface area contributed by atoms with Crippen LogP contribution in [0.4, 0.5) is 0 Å². The van der Waals surface area contributed by atoms with Gasteiger partial charge in [0.05, 0.1) is 0 Å². The summed E-state index contributed by atoms with van der Waals surface area (Å²) in [5, 5.41) is 0. The molecule has 48 valence electrons. The Balaban J connectivity index is 2.23. The summed E-state index contributed by atoms with van der Waals surface area (Å²) in [5.41, 5.74) is 0. The molecule has 0 amide bonds. The molecule has 0 aromatic rings. The Kier molecular flexibility index (Phi) is 2.27. The SMILES string of the molecule is CC1CCCN(P)C1. The van der Waals surface area contributed by atoms with E-state index in [9.17, 15) is 0 Å². The van der Waals surface area contributed by atoms with Crippen LogP contribution in [-0.2, 0) is 0 Å². The molecule has 0 spiro atoms. The lowest BCUT2D eigenvalue weighted by Crippen LogP contribution is -2.25. The van der Waals surface area contributed by atoms with Gasteiger partial charge in [0.2, 0.25) is 0 Å². The maximum atomic E-state index is 2.76. The fraction of sp³-hybridized carbons (Fsp3) is 1.00. The zero-order valence-electron chi connectivity index (χ0n) is 5.43. The van der Waals surface area contributed by atoms with Gasteiger partial charge in [0.1, 0.15) is 0 Å². The normalized spacial score (nSPS) is 33.0. The van der Waals surface area contributed by atoms with Gasteiger partial charge >= 0.3 is 0 Å². The fourth-order valence-corrected chi connectivity index (χ4v) is 1.77. The van der Waals surface area contributed by atoms with Crippen molar-refractivity contribution in [1.29, 1.82) is 0 Å². The van der Waals surface area contributed by atoms with Crippen molar-refractivity contribution in [2.45, 2.75) is 19.8 Å². The van der Waals surface area contributed by atoms with Crippen LogP contribution in [0.15, 0.2) is 0 Å². The number of rotatable bonds is 0. The third-order valence-corrected chi connectivity index (χ3v) is 2.16. The molecule has 1 rings (SSSR count). The molecule has 0 aromatic carbocycles. The van der Waals surface area contributed by atoms with Crippen molar-refractivity contribution >= 4 is 9.39 Å². The van der Waals surface area contributed by atoms with E-state index >= 15 is 0 Å². The van der Waals surface area contributed by atoms with E-state index in [-0.39, 0.29) is 0 Å². The Morgan fingerprint density at radius 1 is 1.62 bits per heavy atom. The van der Waals surface area contributed by atoms with Crippen LogP contribution in [0.5, 0.6) is 0 Å². The van der Waals surface area contributed by atoms with Crippen molar-refractivity contribution in [1.82, 2.24) is 4.67 Å². The monoisotopic (exact) mass is 131 g/mol. The topological polar surface area (TPSA) is 3.24 Å². The minimum atomic E-state index is 0.918. The van der Waals surface area contributed by atoms with Crippen molar-refractivity contribution in [3.8, 4) is 0 Å². The largest absolute Gasteiger partial charge is 0.287 e. The van der Waals surface area contributed by atoms with Crippen LogP contribution in [0.3, 0.4) is 0 Å². The first-order valence-electron chi connectivity index (χ1n) is 3.28. The predicted molar refractivity (Wildman–Crippen MR) is 39.7 cm³/mol. The zero-order chi connectivity index (χ0) is 5.98. The quantitative estimate of drug-likeness (QED) is 0.450. The second-order valence-electron chi connectivity index (χ2n) is 2.74. The molecule has 0 bridgehead atoms. The summed E-state index contributed by atoms with van der Waals surface area (Å²) in [4.78, 5) is 0. The van der Waals surface area contributed by atoms with Crippen LogP contribution in [0.25, 0.3) is 0 Å². The van der Waals surface area contributed by atoms with Crippen LogP contribution in [-0.4, -0.2) is 17.8 Å². The summed E-state index contributed by atoms with van der Waals surface area (Å²) in [6.45, 7) is 4.86. The summed E-state index contributed by atoms with van der Waals surface area (Å²) in [6, 6.07) is 0. The fourth-order valence-electron chi connectivity index (χ4n) is 1.23. The minimum absolute atomic E-state index is 0.918. The van der Waals surface area contributed by atoms with Gasteiger partial charge in [-0.3, -0.25) is 4.67 Å². The highest BCUT2D eigenvalue weighted by Crippen LogP contribution is 2.17. The standard InChI is InChI=1S/C6H14NP/c1-6-3-2-4-7(8)5-6/h6H,2-5,8H2,1H3. The average molecular weight is 131 g/mol. The van der Waals surface area contributed by atoms with Gasteiger partial charge in [-0.1, -0.05) is 16.3 Å². The van der Waals surface area contributed by atoms with Gasteiger partial charge in [0.25, 0.3) is 0 Å². The molecule has 1 aliphatic rings. The van der Waals surface area contributed by atoms with Crippen LogP contribution < -0.4 is 0 Å². The Bertz CT molecular complexity index is 66.9. The first-order valence-corrected chi connectivity index (χ1v) is 3.80. The van der Waals surface area contributed by atoms with Crippen LogP contribution in [0.2, 0.25) is 0 Å². The summed E-state index contributed by atoms with van der Waals surface area (Å²) >= 11 is 0. The summed E-state index contributed by atoms with van der Waals surface area (Å²) < 4.78 is 2.33. The molecule has 1 aliphatic heterocycles. The highest BCUT2D eigenvalue weighted by molar-refractivity contribution is 7.13. The molecule has 1 nitrogen and oxygen atoms in total. The van der Waals surface area contributed by atoms with E-state index in [2.05, 4.69) is 21.0 Å². The van der Waals surface area contributed by atoms with Crippen LogP contribution in [0, 0.1) is 5.92 Å². The van der Waals surface area contributed by atoms with E-state index in [0.717, 1.165) is 5.92 Å². The molecule has 2 atom stereocenters. The summed E-state index contributed by atoms with van der Waals surface area (Å²) in [5.74, 6) is 0.918. The maximum Gasteiger partial charge on any atom is 0.00419 e.